The minimum atomic E-state index is -0.526. The van der Waals surface area contributed by atoms with Crippen molar-refractivity contribution < 1.29 is 14.5 Å². The molecule has 0 bridgehead atoms. The second-order valence-corrected chi connectivity index (χ2v) is 2.93. The maximum atomic E-state index is 11.2. The van der Waals surface area contributed by atoms with Gasteiger partial charge >= 0.3 is 5.97 Å². The van der Waals surface area contributed by atoms with Gasteiger partial charge in [-0.3, -0.25) is 14.8 Å². The topological polar surface area (TPSA) is 87.3 Å². The van der Waals surface area contributed by atoms with Gasteiger partial charge in [-0.25, -0.2) is 4.79 Å². The fraction of sp³-hybridized carbons (Fsp3) is 0.500. The third-order valence-corrected chi connectivity index (χ3v) is 2.00. The molecule has 0 saturated carbocycles. The molecule has 15 heavy (non-hydrogen) atoms. The Bertz CT molecular complexity index is 385. The van der Waals surface area contributed by atoms with E-state index in [1.54, 1.807) is 7.05 Å². The van der Waals surface area contributed by atoms with Gasteiger partial charge in [0.25, 0.3) is 0 Å². The van der Waals surface area contributed by atoms with Crippen molar-refractivity contribution in [2.45, 2.75) is 6.42 Å². The summed E-state index contributed by atoms with van der Waals surface area (Å²) in [6, 6.07) is 0. The van der Waals surface area contributed by atoms with Crippen molar-refractivity contribution in [1.29, 1.82) is 0 Å². The smallest absolute Gasteiger partial charge is 0.341 e. The summed E-state index contributed by atoms with van der Waals surface area (Å²) in [5, 5.41) is 14.1. The number of rotatable bonds is 4. The van der Waals surface area contributed by atoms with Crippen molar-refractivity contribution >= 4 is 5.97 Å². The molecule has 7 nitrogen and oxygen atoms in total. The van der Waals surface area contributed by atoms with Gasteiger partial charge in [0, 0.05) is 12.0 Å². The quantitative estimate of drug-likeness (QED) is 0.400. The molecular formula is C8H11N3O4. The molecule has 0 atom stereocenters. The van der Waals surface area contributed by atoms with Gasteiger partial charge in [0.1, 0.15) is 5.56 Å². The maximum Gasteiger partial charge on any atom is 0.341 e. The SMILES string of the molecule is COC(=O)c1cnn(C)c1CC[N+](=O)[O-]. The highest BCUT2D eigenvalue weighted by molar-refractivity contribution is 5.90. The molecule has 0 aliphatic rings. The molecule has 0 spiro atoms. The fourth-order valence-electron chi connectivity index (χ4n) is 1.24. The number of aromatic nitrogens is 2. The molecule has 7 heteroatoms. The van der Waals surface area contributed by atoms with Crippen LogP contribution in [-0.2, 0) is 18.2 Å². The Morgan fingerprint density at radius 3 is 2.93 bits per heavy atom. The Labute approximate surface area is 85.8 Å². The first kappa shape index (κ1) is 11.2. The van der Waals surface area contributed by atoms with Crippen LogP contribution in [0.2, 0.25) is 0 Å². The molecular weight excluding hydrogens is 202 g/mol. The van der Waals surface area contributed by atoms with Crippen molar-refractivity contribution in [2.24, 2.45) is 7.05 Å². The first-order chi connectivity index (χ1) is 7.06. The average Bonchev–Trinajstić information content (AvgIpc) is 2.55. The minimum Gasteiger partial charge on any atom is -0.465 e. The van der Waals surface area contributed by atoms with E-state index in [4.69, 9.17) is 0 Å². The van der Waals surface area contributed by atoms with E-state index in [-0.39, 0.29) is 18.5 Å². The number of aryl methyl sites for hydroxylation is 1. The number of hydrogen-bond donors (Lipinski definition) is 0. The van der Waals surface area contributed by atoms with E-state index in [0.717, 1.165) is 0 Å². The third kappa shape index (κ3) is 2.52. The van der Waals surface area contributed by atoms with E-state index in [9.17, 15) is 14.9 Å². The summed E-state index contributed by atoms with van der Waals surface area (Å²) in [7, 11) is 2.88. The van der Waals surface area contributed by atoms with E-state index in [2.05, 4.69) is 9.84 Å². The summed E-state index contributed by atoms with van der Waals surface area (Å²) in [5.41, 5.74) is 0.792. The zero-order valence-electron chi connectivity index (χ0n) is 8.47. The van der Waals surface area contributed by atoms with Crippen LogP contribution in [0, 0.1) is 10.1 Å². The molecule has 0 aliphatic heterocycles. The molecule has 1 rings (SSSR count). The Hall–Kier alpha value is -1.92. The van der Waals surface area contributed by atoms with Crippen LogP contribution in [0.1, 0.15) is 16.1 Å². The molecule has 0 N–H and O–H groups in total. The Morgan fingerprint density at radius 1 is 1.73 bits per heavy atom. The lowest BCUT2D eigenvalue weighted by Gasteiger charge is -2.01. The lowest BCUT2D eigenvalue weighted by atomic mass is 10.2. The van der Waals surface area contributed by atoms with Crippen LogP contribution < -0.4 is 0 Å². The van der Waals surface area contributed by atoms with Gasteiger partial charge in [-0.2, -0.15) is 5.10 Å². The number of hydrogen-bond acceptors (Lipinski definition) is 5. The number of esters is 1. The van der Waals surface area contributed by atoms with E-state index < -0.39 is 10.9 Å². The Balaban J connectivity index is 2.89. The van der Waals surface area contributed by atoms with E-state index in [1.807, 2.05) is 0 Å². The number of methoxy groups -OCH3 is 1. The largest absolute Gasteiger partial charge is 0.465 e. The molecule has 1 aromatic rings. The first-order valence-corrected chi connectivity index (χ1v) is 4.27. The lowest BCUT2D eigenvalue weighted by molar-refractivity contribution is -0.479. The summed E-state index contributed by atoms with van der Waals surface area (Å²) >= 11 is 0. The zero-order valence-corrected chi connectivity index (χ0v) is 8.47. The van der Waals surface area contributed by atoms with E-state index >= 15 is 0 Å². The molecule has 0 unspecified atom stereocenters. The molecule has 1 heterocycles. The van der Waals surface area contributed by atoms with E-state index in [1.165, 1.54) is 18.0 Å². The fourth-order valence-corrected chi connectivity index (χ4v) is 1.24. The van der Waals surface area contributed by atoms with Crippen LogP contribution in [0.4, 0.5) is 0 Å². The van der Waals surface area contributed by atoms with Crippen LogP contribution >= 0.6 is 0 Å². The van der Waals surface area contributed by atoms with Crippen LogP contribution in [0.3, 0.4) is 0 Å². The van der Waals surface area contributed by atoms with Crippen LogP contribution in [0.5, 0.6) is 0 Å². The molecule has 0 fully saturated rings. The first-order valence-electron chi connectivity index (χ1n) is 4.27. The number of ether oxygens (including phenoxy) is 1. The molecule has 0 aromatic carbocycles. The van der Waals surface area contributed by atoms with Gasteiger partial charge in [0.15, 0.2) is 0 Å². The number of carbonyl (C=O) groups is 1. The minimum absolute atomic E-state index is 0.161. The Kier molecular flexibility index (Phi) is 3.37. The van der Waals surface area contributed by atoms with Crippen molar-refractivity contribution in [3.8, 4) is 0 Å². The number of carbonyl (C=O) groups excluding carboxylic acids is 1. The lowest BCUT2D eigenvalue weighted by Crippen LogP contribution is -2.12. The number of nitrogens with zero attached hydrogens (tertiary/aromatic N) is 3. The summed E-state index contributed by atoms with van der Waals surface area (Å²) in [4.78, 5) is 21.0. The monoisotopic (exact) mass is 213 g/mol. The van der Waals surface area contributed by atoms with Crippen LogP contribution in [-0.4, -0.2) is 34.3 Å². The van der Waals surface area contributed by atoms with Crippen molar-refractivity contribution in [3.05, 3.63) is 27.6 Å². The molecule has 0 radical (unpaired) electrons. The highest BCUT2D eigenvalue weighted by atomic mass is 16.6. The third-order valence-electron chi connectivity index (χ3n) is 2.00. The summed E-state index contributed by atoms with van der Waals surface area (Å²) in [5.74, 6) is -0.526. The highest BCUT2D eigenvalue weighted by Crippen LogP contribution is 2.09. The van der Waals surface area contributed by atoms with Crippen molar-refractivity contribution in [2.75, 3.05) is 13.7 Å². The maximum absolute atomic E-state index is 11.2. The molecule has 82 valence electrons. The van der Waals surface area contributed by atoms with E-state index in [0.29, 0.717) is 5.69 Å². The van der Waals surface area contributed by atoms with Gasteiger partial charge in [0.2, 0.25) is 6.54 Å². The standard InChI is InChI=1S/C8H11N3O4/c1-10-7(3-4-11(13)14)6(5-9-10)8(12)15-2/h5H,3-4H2,1-2H3. The molecule has 1 aromatic heterocycles. The summed E-state index contributed by atoms with van der Waals surface area (Å²) in [6.45, 7) is -0.233. The highest BCUT2D eigenvalue weighted by Gasteiger charge is 2.17. The molecule has 0 saturated heterocycles. The van der Waals surface area contributed by atoms with Crippen LogP contribution in [0.15, 0.2) is 6.20 Å². The van der Waals surface area contributed by atoms with Gasteiger partial charge in [-0.05, 0) is 0 Å². The van der Waals surface area contributed by atoms with Crippen molar-refractivity contribution in [3.63, 3.8) is 0 Å². The second-order valence-electron chi connectivity index (χ2n) is 2.93. The average molecular weight is 213 g/mol. The Morgan fingerprint density at radius 2 is 2.40 bits per heavy atom. The van der Waals surface area contributed by atoms with Gasteiger partial charge in [-0.15, -0.1) is 0 Å². The van der Waals surface area contributed by atoms with Crippen molar-refractivity contribution in [1.82, 2.24) is 9.78 Å². The van der Waals surface area contributed by atoms with Crippen LogP contribution in [0.25, 0.3) is 0 Å². The summed E-state index contributed by atoms with van der Waals surface area (Å²) in [6.07, 6.45) is 1.51. The predicted molar refractivity (Wildman–Crippen MR) is 50.1 cm³/mol. The number of nitro groups is 1. The molecule has 0 amide bonds. The van der Waals surface area contributed by atoms with Gasteiger partial charge < -0.3 is 4.74 Å². The summed E-state index contributed by atoms with van der Waals surface area (Å²) < 4.78 is 5.98. The van der Waals surface area contributed by atoms with Gasteiger partial charge in [-0.1, -0.05) is 0 Å². The normalized spacial score (nSPS) is 10.0. The predicted octanol–water partition coefficient (Wildman–Crippen LogP) is 0.0259. The second kappa shape index (κ2) is 4.54. The van der Waals surface area contributed by atoms with Gasteiger partial charge in [0.05, 0.1) is 25.4 Å². The zero-order chi connectivity index (χ0) is 11.4. The molecule has 0 aliphatic carbocycles.